The number of nitrogens with two attached hydrogens (primary N) is 1. The molecule has 1 aliphatic rings. The van der Waals surface area contributed by atoms with Crippen LogP contribution in [-0.2, 0) is 10.2 Å². The minimum Gasteiger partial charge on any atom is -0.395 e. The Bertz CT molecular complexity index is 968. The van der Waals surface area contributed by atoms with Crippen molar-refractivity contribution in [2.45, 2.75) is 18.3 Å². The van der Waals surface area contributed by atoms with Gasteiger partial charge in [-0.2, -0.15) is 0 Å². The molecule has 1 aromatic carbocycles. The fourth-order valence-electron chi connectivity index (χ4n) is 3.31. The molecule has 1 saturated carbocycles. The summed E-state index contributed by atoms with van der Waals surface area (Å²) in [5, 5.41) is 14.0. The van der Waals surface area contributed by atoms with E-state index in [9.17, 15) is 4.79 Å². The van der Waals surface area contributed by atoms with Crippen LogP contribution in [0.5, 0.6) is 0 Å². The molecular formula is C20H20N4O2. The number of carbonyl (C=O) groups excluding carboxylic acids is 1. The van der Waals surface area contributed by atoms with Gasteiger partial charge in [-0.05, 0) is 29.9 Å². The molecule has 4 N–H and O–H groups in total. The summed E-state index contributed by atoms with van der Waals surface area (Å²) in [5.74, 6) is 0.343. The zero-order valence-corrected chi connectivity index (χ0v) is 14.3. The van der Waals surface area contributed by atoms with E-state index >= 15 is 0 Å². The number of rotatable bonds is 6. The van der Waals surface area contributed by atoms with Crippen LogP contribution in [0.15, 0.2) is 48.8 Å². The summed E-state index contributed by atoms with van der Waals surface area (Å²) in [6, 6.07) is 11.9. The van der Waals surface area contributed by atoms with Crippen molar-refractivity contribution in [3.8, 4) is 11.1 Å². The van der Waals surface area contributed by atoms with Gasteiger partial charge in [-0.25, -0.2) is 4.98 Å². The molecule has 3 aromatic rings. The number of anilines is 1. The average Bonchev–Trinajstić information content (AvgIpc) is 3.48. The number of nitrogens with zero attached hydrogens (tertiary/aromatic N) is 2. The van der Waals surface area contributed by atoms with E-state index in [0.29, 0.717) is 18.1 Å². The zero-order chi connectivity index (χ0) is 18.1. The second-order valence-electron chi connectivity index (χ2n) is 6.60. The van der Waals surface area contributed by atoms with E-state index in [1.807, 2.05) is 42.6 Å². The van der Waals surface area contributed by atoms with Crippen molar-refractivity contribution < 1.29 is 9.90 Å². The van der Waals surface area contributed by atoms with Crippen LogP contribution in [0.25, 0.3) is 21.9 Å². The number of pyridine rings is 2. The van der Waals surface area contributed by atoms with E-state index in [4.69, 9.17) is 10.8 Å². The third-order valence-electron chi connectivity index (χ3n) is 4.97. The Morgan fingerprint density at radius 3 is 2.58 bits per heavy atom. The van der Waals surface area contributed by atoms with Crippen LogP contribution in [-0.4, -0.2) is 34.1 Å². The third-order valence-corrected chi connectivity index (χ3v) is 4.97. The normalized spacial score (nSPS) is 15.0. The Hall–Kier alpha value is -2.99. The molecule has 0 atom stereocenters. The molecule has 0 spiro atoms. The van der Waals surface area contributed by atoms with Crippen LogP contribution >= 0.6 is 0 Å². The summed E-state index contributed by atoms with van der Waals surface area (Å²) in [7, 11) is 0. The number of fused-ring (bicyclic) bond motifs is 1. The van der Waals surface area contributed by atoms with Crippen LogP contribution in [0, 0.1) is 0 Å². The number of hydrogen-bond donors (Lipinski definition) is 3. The van der Waals surface area contributed by atoms with Crippen molar-refractivity contribution in [1.82, 2.24) is 9.97 Å². The Morgan fingerprint density at radius 1 is 1.15 bits per heavy atom. The predicted octanol–water partition coefficient (Wildman–Crippen LogP) is 2.22. The van der Waals surface area contributed by atoms with E-state index in [1.54, 1.807) is 6.20 Å². The van der Waals surface area contributed by atoms with Gasteiger partial charge < -0.3 is 16.2 Å². The molecule has 0 bridgehead atoms. The van der Waals surface area contributed by atoms with Crippen molar-refractivity contribution >= 4 is 22.5 Å². The molecule has 4 rings (SSSR count). The number of aliphatic hydroxyl groups is 1. The number of aliphatic hydroxyl groups excluding tert-OH is 1. The van der Waals surface area contributed by atoms with Gasteiger partial charge in [0.25, 0.3) is 0 Å². The minimum absolute atomic E-state index is 0.0138. The Labute approximate surface area is 151 Å². The summed E-state index contributed by atoms with van der Waals surface area (Å²) < 4.78 is 0. The maximum absolute atomic E-state index is 11.9. The molecule has 2 heterocycles. The van der Waals surface area contributed by atoms with Gasteiger partial charge in [0.1, 0.15) is 5.82 Å². The van der Waals surface area contributed by atoms with Gasteiger partial charge in [-0.3, -0.25) is 9.78 Å². The Balaban J connectivity index is 1.92. The molecule has 1 aliphatic carbocycles. The smallest absolute Gasteiger partial charge is 0.229 e. The molecule has 1 amide bonds. The molecule has 0 aliphatic heterocycles. The topological polar surface area (TPSA) is 101 Å². The van der Waals surface area contributed by atoms with Crippen molar-refractivity contribution in [3.05, 3.63) is 54.5 Å². The third kappa shape index (κ3) is 2.68. The van der Waals surface area contributed by atoms with E-state index in [1.165, 1.54) is 0 Å². The number of carbonyl (C=O) groups is 1. The number of aromatic nitrogens is 2. The fraction of sp³-hybridized carbons (Fsp3) is 0.250. The standard InChI is InChI=1S/C20H20N4O2/c21-19(26)20(6-7-20)17-10-14-15(13-4-2-1-3-5-13)11-24-18(22-8-9-25)16(14)12-23-17/h1-5,10-12,25H,6-9H2,(H2,21,26)(H,22,24). The highest BCUT2D eigenvalue weighted by Gasteiger charge is 2.51. The van der Waals surface area contributed by atoms with Gasteiger partial charge in [-0.1, -0.05) is 30.3 Å². The molecule has 6 nitrogen and oxygen atoms in total. The van der Waals surface area contributed by atoms with Crippen LogP contribution < -0.4 is 11.1 Å². The van der Waals surface area contributed by atoms with E-state index < -0.39 is 5.41 Å². The van der Waals surface area contributed by atoms with Crippen LogP contribution in [0.3, 0.4) is 0 Å². The van der Waals surface area contributed by atoms with Crippen molar-refractivity contribution in [1.29, 1.82) is 0 Å². The lowest BCUT2D eigenvalue weighted by atomic mass is 9.96. The summed E-state index contributed by atoms with van der Waals surface area (Å²) in [6.45, 7) is 0.416. The molecule has 2 aromatic heterocycles. The molecule has 0 radical (unpaired) electrons. The summed E-state index contributed by atoms with van der Waals surface area (Å²) in [5.41, 5.74) is 7.72. The number of hydrogen-bond acceptors (Lipinski definition) is 5. The highest BCUT2D eigenvalue weighted by molar-refractivity contribution is 6.02. The molecule has 6 heteroatoms. The second kappa shape index (κ2) is 6.38. The first-order valence-electron chi connectivity index (χ1n) is 8.65. The highest BCUT2D eigenvalue weighted by atomic mass is 16.3. The number of amides is 1. The summed E-state index contributed by atoms with van der Waals surface area (Å²) >= 11 is 0. The maximum atomic E-state index is 11.9. The van der Waals surface area contributed by atoms with Gasteiger partial charge in [0.2, 0.25) is 5.91 Å². The van der Waals surface area contributed by atoms with Gasteiger partial charge in [-0.15, -0.1) is 0 Å². The average molecular weight is 348 g/mol. The van der Waals surface area contributed by atoms with Crippen LogP contribution in [0.1, 0.15) is 18.5 Å². The Morgan fingerprint density at radius 2 is 1.92 bits per heavy atom. The lowest BCUT2D eigenvalue weighted by Crippen LogP contribution is -2.29. The second-order valence-corrected chi connectivity index (χ2v) is 6.60. The molecular weight excluding hydrogens is 328 g/mol. The quantitative estimate of drug-likeness (QED) is 0.634. The van der Waals surface area contributed by atoms with E-state index in [0.717, 1.165) is 34.7 Å². The van der Waals surface area contributed by atoms with Gasteiger partial charge in [0, 0.05) is 29.9 Å². The molecule has 0 saturated heterocycles. The lowest BCUT2D eigenvalue weighted by Gasteiger charge is -2.15. The fourth-order valence-corrected chi connectivity index (χ4v) is 3.31. The molecule has 26 heavy (non-hydrogen) atoms. The van der Waals surface area contributed by atoms with Gasteiger partial charge in [0.15, 0.2) is 0 Å². The lowest BCUT2D eigenvalue weighted by molar-refractivity contribution is -0.120. The van der Waals surface area contributed by atoms with Gasteiger partial charge >= 0.3 is 0 Å². The predicted molar refractivity (Wildman–Crippen MR) is 101 cm³/mol. The van der Waals surface area contributed by atoms with Crippen molar-refractivity contribution in [2.24, 2.45) is 5.73 Å². The van der Waals surface area contributed by atoms with Crippen molar-refractivity contribution in [2.75, 3.05) is 18.5 Å². The number of benzene rings is 1. The van der Waals surface area contributed by atoms with Gasteiger partial charge in [0.05, 0.1) is 17.7 Å². The van der Waals surface area contributed by atoms with Crippen LogP contribution in [0.2, 0.25) is 0 Å². The van der Waals surface area contributed by atoms with Crippen LogP contribution in [0.4, 0.5) is 5.82 Å². The Kier molecular flexibility index (Phi) is 4.05. The first kappa shape index (κ1) is 16.5. The molecule has 132 valence electrons. The highest BCUT2D eigenvalue weighted by Crippen LogP contribution is 2.48. The number of nitrogens with one attached hydrogen (secondary N) is 1. The zero-order valence-electron chi connectivity index (χ0n) is 14.3. The minimum atomic E-state index is -0.635. The number of primary amides is 1. The van der Waals surface area contributed by atoms with Crippen molar-refractivity contribution in [3.63, 3.8) is 0 Å². The van der Waals surface area contributed by atoms with E-state index in [-0.39, 0.29) is 12.5 Å². The monoisotopic (exact) mass is 348 g/mol. The maximum Gasteiger partial charge on any atom is 0.229 e. The SMILES string of the molecule is NC(=O)C1(c2cc3c(-c4ccccc4)cnc(NCCO)c3cn2)CC1. The first-order valence-corrected chi connectivity index (χ1v) is 8.65. The molecule has 1 fully saturated rings. The summed E-state index contributed by atoms with van der Waals surface area (Å²) in [6.07, 6.45) is 5.03. The molecule has 0 unspecified atom stereocenters. The first-order chi connectivity index (χ1) is 12.7. The summed E-state index contributed by atoms with van der Waals surface area (Å²) in [4.78, 5) is 20.9. The largest absolute Gasteiger partial charge is 0.395 e. The van der Waals surface area contributed by atoms with E-state index in [2.05, 4.69) is 15.3 Å².